The number of anilines is 2. The summed E-state index contributed by atoms with van der Waals surface area (Å²) in [6, 6.07) is 14.8. The van der Waals surface area contributed by atoms with Crippen LogP contribution in [-0.2, 0) is 19.3 Å². The van der Waals surface area contributed by atoms with Crippen LogP contribution in [0.1, 0.15) is 28.2 Å². The topological polar surface area (TPSA) is 37.8 Å². The Morgan fingerprint density at radius 1 is 1.07 bits per heavy atom. The lowest BCUT2D eigenvalue weighted by molar-refractivity contribution is 0.628. The predicted molar refractivity (Wildman–Crippen MR) is 113 cm³/mol. The number of nitrogens with one attached hydrogen (secondary N) is 1. The first-order valence-electron chi connectivity index (χ1n) is 9.24. The summed E-state index contributed by atoms with van der Waals surface area (Å²) >= 11 is 7.73. The van der Waals surface area contributed by atoms with E-state index < -0.39 is 5.82 Å². The molecule has 1 N–H and O–H groups in total. The predicted octanol–water partition coefficient (Wildman–Crippen LogP) is 6.31. The van der Waals surface area contributed by atoms with Crippen LogP contribution in [0.3, 0.4) is 0 Å². The van der Waals surface area contributed by atoms with Crippen molar-refractivity contribution in [3.63, 3.8) is 0 Å². The molecule has 2 heterocycles. The van der Waals surface area contributed by atoms with Gasteiger partial charge in [0, 0.05) is 17.0 Å². The molecule has 0 saturated carbocycles. The van der Waals surface area contributed by atoms with Gasteiger partial charge < -0.3 is 5.32 Å². The molecule has 2 aromatic carbocycles. The molecule has 0 fully saturated rings. The first kappa shape index (κ1) is 17.6. The Labute approximate surface area is 171 Å². The lowest BCUT2D eigenvalue weighted by Crippen LogP contribution is -2.02. The van der Waals surface area contributed by atoms with Gasteiger partial charge in [0.25, 0.3) is 0 Å². The third-order valence-corrected chi connectivity index (χ3v) is 6.47. The fourth-order valence-corrected chi connectivity index (χ4v) is 5.16. The molecule has 0 bridgehead atoms. The zero-order valence-corrected chi connectivity index (χ0v) is 16.6. The van der Waals surface area contributed by atoms with Gasteiger partial charge in [-0.15, -0.1) is 11.3 Å². The molecule has 0 radical (unpaired) electrons. The molecule has 5 rings (SSSR count). The second kappa shape index (κ2) is 7.15. The zero-order chi connectivity index (χ0) is 19.1. The molecule has 3 nitrogen and oxygen atoms in total. The maximum Gasteiger partial charge on any atom is 0.143 e. The van der Waals surface area contributed by atoms with Crippen LogP contribution in [0.15, 0.2) is 48.5 Å². The van der Waals surface area contributed by atoms with E-state index in [1.807, 2.05) is 18.2 Å². The highest BCUT2D eigenvalue weighted by atomic mass is 35.5. The first-order valence-corrected chi connectivity index (χ1v) is 10.4. The SMILES string of the molecule is Fc1ccc(Nc2nc(Cc3ccccc3)nc3sc4c(c23)CCC4)cc1Cl. The van der Waals surface area contributed by atoms with Crippen molar-refractivity contribution < 1.29 is 4.39 Å². The highest BCUT2D eigenvalue weighted by Gasteiger charge is 2.22. The van der Waals surface area contributed by atoms with E-state index in [-0.39, 0.29) is 5.02 Å². The lowest BCUT2D eigenvalue weighted by Gasteiger charge is -2.11. The zero-order valence-electron chi connectivity index (χ0n) is 15.0. The highest BCUT2D eigenvalue weighted by Crippen LogP contribution is 2.40. The summed E-state index contributed by atoms with van der Waals surface area (Å²) in [7, 11) is 0. The van der Waals surface area contributed by atoms with Crippen molar-refractivity contribution in [2.45, 2.75) is 25.7 Å². The molecule has 6 heteroatoms. The molecule has 0 atom stereocenters. The Balaban J connectivity index is 1.61. The van der Waals surface area contributed by atoms with Crippen LogP contribution < -0.4 is 5.32 Å². The third kappa shape index (κ3) is 3.25. The molecule has 140 valence electrons. The molecule has 0 amide bonds. The Morgan fingerprint density at radius 2 is 1.93 bits per heavy atom. The van der Waals surface area contributed by atoms with E-state index in [4.69, 9.17) is 21.6 Å². The van der Waals surface area contributed by atoms with Crippen LogP contribution in [0.4, 0.5) is 15.9 Å². The summed E-state index contributed by atoms with van der Waals surface area (Å²) in [5.41, 5.74) is 3.23. The normalized spacial score (nSPS) is 13.1. The van der Waals surface area contributed by atoms with Crippen LogP contribution in [-0.4, -0.2) is 9.97 Å². The number of benzene rings is 2. The number of thiophene rings is 1. The molecule has 1 aliphatic rings. The van der Waals surface area contributed by atoms with E-state index in [1.165, 1.54) is 28.5 Å². The van der Waals surface area contributed by atoms with Crippen LogP contribution >= 0.6 is 22.9 Å². The molecule has 2 aromatic heterocycles. The monoisotopic (exact) mass is 409 g/mol. The minimum atomic E-state index is -0.429. The number of aromatic nitrogens is 2. The first-order chi connectivity index (χ1) is 13.7. The van der Waals surface area contributed by atoms with Crippen molar-refractivity contribution in [1.29, 1.82) is 0 Å². The lowest BCUT2D eigenvalue weighted by atomic mass is 10.1. The van der Waals surface area contributed by atoms with E-state index >= 15 is 0 Å². The van der Waals surface area contributed by atoms with Crippen molar-refractivity contribution >= 4 is 44.7 Å². The molecular weight excluding hydrogens is 393 g/mol. The summed E-state index contributed by atoms with van der Waals surface area (Å²) in [4.78, 5) is 12.1. The molecule has 0 aliphatic heterocycles. The number of aryl methyl sites for hydroxylation is 2. The molecule has 1 aliphatic carbocycles. The fraction of sp³-hybridized carbons (Fsp3) is 0.182. The molecule has 0 unspecified atom stereocenters. The van der Waals surface area contributed by atoms with E-state index in [0.717, 1.165) is 40.4 Å². The quantitative estimate of drug-likeness (QED) is 0.429. The third-order valence-electron chi connectivity index (χ3n) is 5.00. The van der Waals surface area contributed by atoms with Crippen molar-refractivity contribution in [2.75, 3.05) is 5.32 Å². The summed E-state index contributed by atoms with van der Waals surface area (Å²) in [6.07, 6.45) is 3.99. The maximum absolute atomic E-state index is 13.5. The molecular formula is C22H17ClFN3S. The van der Waals surface area contributed by atoms with E-state index in [0.29, 0.717) is 6.42 Å². The Hall–Kier alpha value is -2.50. The number of fused-ring (bicyclic) bond motifs is 3. The average molecular weight is 410 g/mol. The second-order valence-electron chi connectivity index (χ2n) is 6.94. The van der Waals surface area contributed by atoms with E-state index in [9.17, 15) is 4.39 Å². The Kier molecular flexibility index (Phi) is 4.49. The smallest absolute Gasteiger partial charge is 0.143 e. The van der Waals surface area contributed by atoms with Gasteiger partial charge in [-0.1, -0.05) is 41.9 Å². The van der Waals surface area contributed by atoms with Crippen molar-refractivity contribution in [2.24, 2.45) is 0 Å². The van der Waals surface area contributed by atoms with Gasteiger partial charge in [0.15, 0.2) is 0 Å². The number of nitrogens with zero attached hydrogens (tertiary/aromatic N) is 2. The van der Waals surface area contributed by atoms with Gasteiger partial charge in [-0.05, 0) is 48.6 Å². The molecule has 28 heavy (non-hydrogen) atoms. The van der Waals surface area contributed by atoms with Gasteiger partial charge in [-0.25, -0.2) is 14.4 Å². The Bertz CT molecular complexity index is 1170. The highest BCUT2D eigenvalue weighted by molar-refractivity contribution is 7.19. The number of rotatable bonds is 4. The largest absolute Gasteiger partial charge is 0.340 e. The minimum Gasteiger partial charge on any atom is -0.340 e. The standard InChI is InChI=1S/C22H17ClFN3S/c23-16-12-14(9-10-17(16)24)25-21-20-15-7-4-8-18(15)28-22(20)27-19(26-21)11-13-5-2-1-3-6-13/h1-3,5-6,9-10,12H,4,7-8,11H2,(H,25,26,27). The Morgan fingerprint density at radius 3 is 2.75 bits per heavy atom. The van der Waals surface area contributed by atoms with E-state index in [1.54, 1.807) is 23.5 Å². The van der Waals surface area contributed by atoms with Crippen LogP contribution in [0.5, 0.6) is 0 Å². The van der Waals surface area contributed by atoms with Crippen molar-refractivity contribution in [3.05, 3.63) is 81.2 Å². The molecule has 4 aromatic rings. The van der Waals surface area contributed by atoms with Gasteiger partial charge in [0.2, 0.25) is 0 Å². The van der Waals surface area contributed by atoms with Crippen LogP contribution in [0, 0.1) is 5.82 Å². The van der Waals surface area contributed by atoms with Gasteiger partial charge in [-0.3, -0.25) is 0 Å². The molecule has 0 saturated heterocycles. The van der Waals surface area contributed by atoms with Crippen molar-refractivity contribution in [1.82, 2.24) is 9.97 Å². The number of hydrogen-bond donors (Lipinski definition) is 1. The maximum atomic E-state index is 13.5. The van der Waals surface area contributed by atoms with Gasteiger partial charge >= 0.3 is 0 Å². The number of hydrogen-bond acceptors (Lipinski definition) is 4. The fourth-order valence-electron chi connectivity index (χ4n) is 3.70. The average Bonchev–Trinajstić information content (AvgIpc) is 3.26. The summed E-state index contributed by atoms with van der Waals surface area (Å²) < 4.78 is 13.5. The van der Waals surface area contributed by atoms with E-state index in [2.05, 4.69) is 17.4 Å². The summed E-state index contributed by atoms with van der Waals surface area (Å²) in [6.45, 7) is 0. The van der Waals surface area contributed by atoms with Crippen molar-refractivity contribution in [3.8, 4) is 0 Å². The summed E-state index contributed by atoms with van der Waals surface area (Å²) in [5, 5.41) is 4.55. The minimum absolute atomic E-state index is 0.0929. The summed E-state index contributed by atoms with van der Waals surface area (Å²) in [5.74, 6) is 1.12. The molecule has 0 spiro atoms. The van der Waals surface area contributed by atoms with Crippen LogP contribution in [0.25, 0.3) is 10.2 Å². The van der Waals surface area contributed by atoms with Gasteiger partial charge in [-0.2, -0.15) is 0 Å². The van der Waals surface area contributed by atoms with Gasteiger partial charge in [0.05, 0.1) is 10.4 Å². The second-order valence-corrected chi connectivity index (χ2v) is 8.43. The van der Waals surface area contributed by atoms with Gasteiger partial charge in [0.1, 0.15) is 22.3 Å². The van der Waals surface area contributed by atoms with Crippen LogP contribution in [0.2, 0.25) is 5.02 Å². The number of halogens is 2.